The van der Waals surface area contributed by atoms with E-state index in [1.165, 1.54) is 6.07 Å². The molecule has 118 valence electrons. The molecule has 0 aliphatic carbocycles. The number of nitrogens with zero attached hydrogens (tertiary/aromatic N) is 1. The lowest BCUT2D eigenvalue weighted by Gasteiger charge is -2.39. The van der Waals surface area contributed by atoms with Crippen molar-refractivity contribution in [1.82, 2.24) is 4.90 Å². The zero-order chi connectivity index (χ0) is 15.9. The molecule has 0 spiro atoms. The topological polar surface area (TPSA) is 81.9 Å². The molecule has 0 saturated carbocycles. The van der Waals surface area contributed by atoms with Crippen LogP contribution in [0.3, 0.4) is 0 Å². The second kappa shape index (κ2) is 5.24. The monoisotopic (exact) mass is 308 g/mol. The van der Waals surface area contributed by atoms with E-state index in [0.717, 1.165) is 6.07 Å². The van der Waals surface area contributed by atoms with Crippen molar-refractivity contribution in [3.63, 3.8) is 0 Å². The smallest absolute Gasteiger partial charge is 0.248 e. The van der Waals surface area contributed by atoms with Gasteiger partial charge >= 0.3 is 0 Å². The number of nitrogens with two attached hydrogens (primary N) is 1. The Morgan fingerprint density at radius 3 is 2.68 bits per heavy atom. The number of carbonyl (C=O) groups excluding carboxylic acids is 2. The molecule has 2 heterocycles. The number of rotatable bonds is 2. The molecule has 0 unspecified atom stereocenters. The van der Waals surface area contributed by atoms with Crippen molar-refractivity contribution in [2.24, 2.45) is 11.1 Å². The van der Waals surface area contributed by atoms with Gasteiger partial charge in [-0.2, -0.15) is 0 Å². The summed E-state index contributed by atoms with van der Waals surface area (Å²) >= 11 is 0. The molecule has 2 N–H and O–H groups in total. The van der Waals surface area contributed by atoms with Crippen molar-refractivity contribution < 1.29 is 23.5 Å². The summed E-state index contributed by atoms with van der Waals surface area (Å²) in [5, 5.41) is 0. The first-order chi connectivity index (χ1) is 10.4. The molecule has 2 amide bonds. The minimum atomic E-state index is -0.721. The van der Waals surface area contributed by atoms with Crippen molar-refractivity contribution in [3.05, 3.63) is 29.1 Å². The number of fused-ring (bicyclic) bond motifs is 1. The van der Waals surface area contributed by atoms with Gasteiger partial charge in [-0.3, -0.25) is 9.59 Å². The number of ether oxygens (including phenoxy) is 2. The van der Waals surface area contributed by atoms with Gasteiger partial charge in [-0.1, -0.05) is 0 Å². The molecule has 22 heavy (non-hydrogen) atoms. The first-order valence-corrected chi connectivity index (χ1v) is 7.03. The highest BCUT2D eigenvalue weighted by Crippen LogP contribution is 2.33. The first-order valence-electron chi connectivity index (χ1n) is 7.03. The van der Waals surface area contributed by atoms with Crippen LogP contribution in [0.25, 0.3) is 0 Å². The van der Waals surface area contributed by atoms with Crippen LogP contribution in [0.2, 0.25) is 0 Å². The van der Waals surface area contributed by atoms with Gasteiger partial charge in [-0.05, 0) is 19.1 Å². The molecular weight excluding hydrogens is 291 g/mol. The fraction of sp³-hybridized carbons (Fsp3) is 0.467. The van der Waals surface area contributed by atoms with Gasteiger partial charge in [0.1, 0.15) is 18.2 Å². The summed E-state index contributed by atoms with van der Waals surface area (Å²) in [7, 11) is 0. The second-order valence-electron chi connectivity index (χ2n) is 5.93. The number of halogens is 1. The summed E-state index contributed by atoms with van der Waals surface area (Å²) in [5.41, 5.74) is 4.94. The van der Waals surface area contributed by atoms with Crippen molar-refractivity contribution in [2.45, 2.75) is 13.5 Å². The zero-order valence-corrected chi connectivity index (χ0v) is 12.2. The molecule has 1 aromatic rings. The van der Waals surface area contributed by atoms with E-state index >= 15 is 0 Å². The van der Waals surface area contributed by atoms with Crippen molar-refractivity contribution in [3.8, 4) is 5.75 Å². The van der Waals surface area contributed by atoms with Gasteiger partial charge in [0.15, 0.2) is 0 Å². The summed E-state index contributed by atoms with van der Waals surface area (Å²) in [6.45, 7) is 3.27. The molecule has 0 radical (unpaired) electrons. The molecule has 1 aromatic carbocycles. The van der Waals surface area contributed by atoms with Crippen LogP contribution >= 0.6 is 0 Å². The molecule has 0 aromatic heterocycles. The molecule has 1 saturated heterocycles. The van der Waals surface area contributed by atoms with Crippen LogP contribution in [0.15, 0.2) is 12.1 Å². The molecule has 2 aliphatic heterocycles. The van der Waals surface area contributed by atoms with Crippen LogP contribution < -0.4 is 10.5 Å². The SMILES string of the molecule is CC1(C(=O)N2CCOc3cc(C(N)=O)cc(F)c3C2)COC1. The summed E-state index contributed by atoms with van der Waals surface area (Å²) in [5.74, 6) is -1.13. The Labute approximate surface area is 127 Å². The number of hydrogen-bond donors (Lipinski definition) is 1. The van der Waals surface area contributed by atoms with Gasteiger partial charge < -0.3 is 20.1 Å². The fourth-order valence-corrected chi connectivity index (χ4v) is 2.66. The van der Waals surface area contributed by atoms with Crippen molar-refractivity contribution in [1.29, 1.82) is 0 Å². The van der Waals surface area contributed by atoms with E-state index in [4.69, 9.17) is 15.2 Å². The number of benzene rings is 1. The standard InChI is InChI=1S/C15H17FN2O4/c1-15(7-21-8-15)14(20)18-2-3-22-12-5-9(13(17)19)4-11(16)10(12)6-18/h4-5H,2-3,6-8H2,1H3,(H2,17,19). The molecule has 1 fully saturated rings. The van der Waals surface area contributed by atoms with E-state index in [1.807, 2.05) is 6.92 Å². The van der Waals surface area contributed by atoms with E-state index in [0.29, 0.717) is 19.8 Å². The largest absolute Gasteiger partial charge is 0.491 e. The van der Waals surface area contributed by atoms with Crippen LogP contribution in [0.4, 0.5) is 4.39 Å². The van der Waals surface area contributed by atoms with Gasteiger partial charge in [0.25, 0.3) is 0 Å². The quantitative estimate of drug-likeness (QED) is 0.871. The Kier molecular flexibility index (Phi) is 3.52. The highest BCUT2D eigenvalue weighted by molar-refractivity contribution is 5.93. The Hall–Kier alpha value is -2.15. The van der Waals surface area contributed by atoms with Crippen molar-refractivity contribution in [2.75, 3.05) is 26.4 Å². The lowest BCUT2D eigenvalue weighted by atomic mass is 9.86. The molecule has 2 aliphatic rings. The maximum atomic E-state index is 14.3. The molecule has 6 nitrogen and oxygen atoms in total. The lowest BCUT2D eigenvalue weighted by Crippen LogP contribution is -2.53. The van der Waals surface area contributed by atoms with E-state index in [1.54, 1.807) is 4.90 Å². The van der Waals surface area contributed by atoms with Gasteiger partial charge in [0.2, 0.25) is 11.8 Å². The average Bonchev–Trinajstić information content (AvgIpc) is 2.66. The lowest BCUT2D eigenvalue weighted by molar-refractivity contribution is -0.169. The second-order valence-corrected chi connectivity index (χ2v) is 5.93. The third-order valence-corrected chi connectivity index (χ3v) is 4.05. The Balaban J connectivity index is 1.90. The molecular formula is C15H17FN2O4. The predicted molar refractivity (Wildman–Crippen MR) is 74.8 cm³/mol. The Morgan fingerprint density at radius 2 is 2.09 bits per heavy atom. The minimum absolute atomic E-state index is 0.0513. The maximum Gasteiger partial charge on any atom is 0.248 e. The summed E-state index contributed by atoms with van der Waals surface area (Å²) < 4.78 is 24.9. The summed E-state index contributed by atoms with van der Waals surface area (Å²) in [6, 6.07) is 2.50. The number of carbonyl (C=O) groups is 2. The van der Waals surface area contributed by atoms with Gasteiger partial charge in [0, 0.05) is 11.1 Å². The van der Waals surface area contributed by atoms with E-state index < -0.39 is 17.1 Å². The number of amides is 2. The maximum absolute atomic E-state index is 14.3. The number of hydrogen-bond acceptors (Lipinski definition) is 4. The first kappa shape index (κ1) is 14.8. The van der Waals surface area contributed by atoms with Crippen LogP contribution in [0, 0.1) is 11.2 Å². The molecule has 3 rings (SSSR count). The van der Waals surface area contributed by atoms with E-state index in [9.17, 15) is 14.0 Å². The molecule has 0 atom stereocenters. The molecule has 0 bridgehead atoms. The third kappa shape index (κ3) is 2.41. The van der Waals surface area contributed by atoms with Gasteiger partial charge in [-0.25, -0.2) is 4.39 Å². The third-order valence-electron chi connectivity index (χ3n) is 4.05. The highest BCUT2D eigenvalue weighted by Gasteiger charge is 2.44. The van der Waals surface area contributed by atoms with E-state index in [2.05, 4.69) is 0 Å². The Bertz CT molecular complexity index is 643. The van der Waals surface area contributed by atoms with Gasteiger partial charge in [-0.15, -0.1) is 0 Å². The van der Waals surface area contributed by atoms with Crippen LogP contribution in [-0.2, 0) is 16.1 Å². The van der Waals surface area contributed by atoms with Crippen LogP contribution in [0.5, 0.6) is 5.75 Å². The fourth-order valence-electron chi connectivity index (χ4n) is 2.66. The van der Waals surface area contributed by atoms with E-state index in [-0.39, 0.29) is 35.9 Å². The predicted octanol–water partition coefficient (Wildman–Crippen LogP) is 0.682. The Morgan fingerprint density at radius 1 is 1.36 bits per heavy atom. The minimum Gasteiger partial charge on any atom is -0.491 e. The van der Waals surface area contributed by atoms with Gasteiger partial charge in [0.05, 0.1) is 31.7 Å². The van der Waals surface area contributed by atoms with Crippen molar-refractivity contribution >= 4 is 11.8 Å². The zero-order valence-electron chi connectivity index (χ0n) is 12.2. The van der Waals surface area contributed by atoms with Crippen LogP contribution in [0.1, 0.15) is 22.8 Å². The normalized spacial score (nSPS) is 19.5. The molecule has 7 heteroatoms. The average molecular weight is 308 g/mol. The summed E-state index contributed by atoms with van der Waals surface area (Å²) in [4.78, 5) is 25.3. The van der Waals surface area contributed by atoms with Crippen LogP contribution in [-0.4, -0.2) is 43.1 Å². The number of primary amides is 1. The summed E-state index contributed by atoms with van der Waals surface area (Å²) in [6.07, 6.45) is 0. The highest BCUT2D eigenvalue weighted by atomic mass is 19.1.